The van der Waals surface area contributed by atoms with Gasteiger partial charge in [0.25, 0.3) is 5.91 Å². The Morgan fingerprint density at radius 3 is 2.81 bits per heavy atom. The third kappa shape index (κ3) is 3.08. The maximum atomic E-state index is 12.8. The molecule has 0 spiro atoms. The number of amides is 1. The summed E-state index contributed by atoms with van der Waals surface area (Å²) in [5, 5.41) is 4.37. The molecule has 1 aliphatic heterocycles. The number of hydrogen-bond donors (Lipinski definition) is 0. The van der Waals surface area contributed by atoms with Crippen LogP contribution in [0.15, 0.2) is 48.7 Å². The van der Waals surface area contributed by atoms with E-state index in [1.54, 1.807) is 27.9 Å². The van der Waals surface area contributed by atoms with Crippen LogP contribution in [0.5, 0.6) is 11.9 Å². The van der Waals surface area contributed by atoms with Crippen molar-refractivity contribution in [3.8, 4) is 11.9 Å². The van der Waals surface area contributed by atoms with Gasteiger partial charge in [-0.1, -0.05) is 30.3 Å². The summed E-state index contributed by atoms with van der Waals surface area (Å²) in [7, 11) is 1.49. The Hall–Kier alpha value is -3.42. The van der Waals surface area contributed by atoms with Crippen LogP contribution in [-0.2, 0) is 13.2 Å². The fourth-order valence-electron chi connectivity index (χ4n) is 2.77. The van der Waals surface area contributed by atoms with E-state index in [0.717, 1.165) is 5.56 Å². The lowest BCUT2D eigenvalue weighted by atomic mass is 10.2. The van der Waals surface area contributed by atoms with Gasteiger partial charge in [-0.15, -0.1) is 5.10 Å². The second kappa shape index (κ2) is 6.83. The molecule has 0 unspecified atom stereocenters. The van der Waals surface area contributed by atoms with Crippen LogP contribution in [0.1, 0.15) is 16.1 Å². The number of benzene rings is 1. The first-order valence-corrected chi connectivity index (χ1v) is 8.18. The first-order valence-electron chi connectivity index (χ1n) is 8.18. The molecule has 0 atom stereocenters. The summed E-state index contributed by atoms with van der Waals surface area (Å²) in [6.07, 6.45) is 1.56. The van der Waals surface area contributed by atoms with Gasteiger partial charge in [-0.2, -0.15) is 4.98 Å². The zero-order chi connectivity index (χ0) is 17.9. The van der Waals surface area contributed by atoms with E-state index in [2.05, 4.69) is 15.1 Å². The number of anilines is 1. The molecule has 8 nitrogen and oxygen atoms in total. The molecule has 26 heavy (non-hydrogen) atoms. The lowest BCUT2D eigenvalue weighted by Crippen LogP contribution is -2.41. The molecule has 0 saturated carbocycles. The SMILES string of the molecule is COc1nccc(N2CCn3nc(OCc4ccccc4)cc3C2=O)n1. The summed E-state index contributed by atoms with van der Waals surface area (Å²) in [6.45, 7) is 1.42. The van der Waals surface area contributed by atoms with Crippen molar-refractivity contribution in [1.82, 2.24) is 19.7 Å². The van der Waals surface area contributed by atoms with E-state index in [1.807, 2.05) is 30.3 Å². The number of ether oxygens (including phenoxy) is 2. The normalized spacial score (nSPS) is 13.4. The first-order chi connectivity index (χ1) is 12.7. The van der Waals surface area contributed by atoms with Crippen LogP contribution in [-0.4, -0.2) is 39.3 Å². The second-order valence-corrected chi connectivity index (χ2v) is 5.72. The molecule has 0 aliphatic carbocycles. The lowest BCUT2D eigenvalue weighted by molar-refractivity contribution is 0.0961. The maximum absolute atomic E-state index is 12.8. The van der Waals surface area contributed by atoms with Crippen LogP contribution in [0.25, 0.3) is 0 Å². The summed E-state index contributed by atoms with van der Waals surface area (Å²) in [6, 6.07) is 13.4. The molecular weight excluding hydrogens is 334 g/mol. The zero-order valence-corrected chi connectivity index (χ0v) is 14.2. The molecule has 0 saturated heterocycles. The highest BCUT2D eigenvalue weighted by Gasteiger charge is 2.29. The van der Waals surface area contributed by atoms with Crippen molar-refractivity contribution in [1.29, 1.82) is 0 Å². The number of hydrogen-bond acceptors (Lipinski definition) is 6. The number of rotatable bonds is 5. The number of methoxy groups -OCH3 is 1. The van der Waals surface area contributed by atoms with E-state index < -0.39 is 0 Å². The van der Waals surface area contributed by atoms with Gasteiger partial charge in [0, 0.05) is 18.8 Å². The van der Waals surface area contributed by atoms with Gasteiger partial charge in [0.15, 0.2) is 0 Å². The predicted octanol–water partition coefficient (Wildman–Crippen LogP) is 1.92. The third-order valence-electron chi connectivity index (χ3n) is 4.06. The monoisotopic (exact) mass is 351 g/mol. The van der Waals surface area contributed by atoms with Gasteiger partial charge in [-0.3, -0.25) is 14.4 Å². The second-order valence-electron chi connectivity index (χ2n) is 5.72. The maximum Gasteiger partial charge on any atom is 0.318 e. The van der Waals surface area contributed by atoms with Crippen LogP contribution < -0.4 is 14.4 Å². The molecule has 0 N–H and O–H groups in total. The van der Waals surface area contributed by atoms with Crippen molar-refractivity contribution in [2.24, 2.45) is 0 Å². The van der Waals surface area contributed by atoms with Crippen molar-refractivity contribution < 1.29 is 14.3 Å². The molecule has 3 aromatic rings. The average molecular weight is 351 g/mol. The highest BCUT2D eigenvalue weighted by molar-refractivity contribution is 6.05. The lowest BCUT2D eigenvalue weighted by Gasteiger charge is -2.26. The largest absolute Gasteiger partial charge is 0.472 e. The number of carbonyl (C=O) groups is 1. The molecule has 0 bridgehead atoms. The number of aromatic nitrogens is 4. The van der Waals surface area contributed by atoms with Crippen LogP contribution in [0, 0.1) is 0 Å². The standard InChI is InChI=1S/C18H17N5O3/c1-25-18-19-8-7-15(20-18)22-9-10-23-14(17(22)24)11-16(21-23)26-12-13-5-3-2-4-6-13/h2-8,11H,9-10,12H2,1H3. The van der Waals surface area contributed by atoms with E-state index in [-0.39, 0.29) is 11.9 Å². The fraction of sp³-hybridized carbons (Fsp3) is 0.222. The molecule has 3 heterocycles. The Balaban J connectivity index is 1.52. The van der Waals surface area contributed by atoms with Crippen molar-refractivity contribution >= 4 is 11.7 Å². The van der Waals surface area contributed by atoms with Crippen LogP contribution in [0.3, 0.4) is 0 Å². The van der Waals surface area contributed by atoms with Gasteiger partial charge >= 0.3 is 6.01 Å². The molecule has 2 aromatic heterocycles. The number of nitrogens with zero attached hydrogens (tertiary/aromatic N) is 5. The summed E-state index contributed by atoms with van der Waals surface area (Å²) in [4.78, 5) is 22.6. The summed E-state index contributed by atoms with van der Waals surface area (Å²) in [5.41, 5.74) is 1.51. The van der Waals surface area contributed by atoms with Gasteiger partial charge in [0.2, 0.25) is 5.88 Å². The minimum absolute atomic E-state index is 0.181. The molecule has 1 aliphatic rings. The summed E-state index contributed by atoms with van der Waals surface area (Å²) < 4.78 is 12.4. The van der Waals surface area contributed by atoms with E-state index >= 15 is 0 Å². The molecule has 0 radical (unpaired) electrons. The molecule has 4 rings (SSSR count). The van der Waals surface area contributed by atoms with Gasteiger partial charge in [0.05, 0.1) is 13.7 Å². The Bertz CT molecular complexity index is 926. The summed E-state index contributed by atoms with van der Waals surface area (Å²) in [5.74, 6) is 0.749. The van der Waals surface area contributed by atoms with E-state index in [0.29, 0.717) is 37.1 Å². The van der Waals surface area contributed by atoms with Crippen LogP contribution in [0.2, 0.25) is 0 Å². The van der Waals surface area contributed by atoms with Crippen molar-refractivity contribution in [2.75, 3.05) is 18.6 Å². The van der Waals surface area contributed by atoms with Crippen LogP contribution in [0.4, 0.5) is 5.82 Å². The Labute approximate surface area is 150 Å². The quantitative estimate of drug-likeness (QED) is 0.698. The fourth-order valence-corrected chi connectivity index (χ4v) is 2.77. The van der Waals surface area contributed by atoms with Gasteiger partial charge in [0.1, 0.15) is 18.1 Å². The minimum atomic E-state index is -0.181. The van der Waals surface area contributed by atoms with E-state index in [1.165, 1.54) is 7.11 Å². The number of carbonyl (C=O) groups excluding carboxylic acids is 1. The summed E-state index contributed by atoms with van der Waals surface area (Å²) >= 11 is 0. The smallest absolute Gasteiger partial charge is 0.318 e. The van der Waals surface area contributed by atoms with Crippen LogP contribution >= 0.6 is 0 Å². The Morgan fingerprint density at radius 1 is 1.15 bits per heavy atom. The van der Waals surface area contributed by atoms with Gasteiger partial charge in [-0.05, 0) is 11.6 Å². The van der Waals surface area contributed by atoms with Gasteiger partial charge in [-0.25, -0.2) is 4.98 Å². The highest BCUT2D eigenvalue weighted by atomic mass is 16.5. The highest BCUT2D eigenvalue weighted by Crippen LogP contribution is 2.23. The zero-order valence-electron chi connectivity index (χ0n) is 14.2. The van der Waals surface area contributed by atoms with Crippen molar-refractivity contribution in [3.05, 3.63) is 59.9 Å². The minimum Gasteiger partial charge on any atom is -0.472 e. The molecule has 1 amide bonds. The van der Waals surface area contributed by atoms with E-state index in [4.69, 9.17) is 9.47 Å². The molecule has 1 aromatic carbocycles. The third-order valence-corrected chi connectivity index (χ3v) is 4.06. The molecule has 132 valence electrons. The van der Waals surface area contributed by atoms with Crippen molar-refractivity contribution in [3.63, 3.8) is 0 Å². The topological polar surface area (TPSA) is 82.4 Å². The predicted molar refractivity (Wildman–Crippen MR) is 93.3 cm³/mol. The Kier molecular flexibility index (Phi) is 4.22. The van der Waals surface area contributed by atoms with Crippen molar-refractivity contribution in [2.45, 2.75) is 13.2 Å². The first kappa shape index (κ1) is 16.1. The molecule has 0 fully saturated rings. The number of fused-ring (bicyclic) bond motifs is 1. The average Bonchev–Trinajstić information content (AvgIpc) is 3.12. The molecular formula is C18H17N5O3. The molecule has 8 heteroatoms. The van der Waals surface area contributed by atoms with Gasteiger partial charge < -0.3 is 9.47 Å². The Morgan fingerprint density at radius 2 is 2.00 bits per heavy atom. The van der Waals surface area contributed by atoms with E-state index in [9.17, 15) is 4.79 Å².